The third kappa shape index (κ3) is 2.95. The lowest BCUT2D eigenvalue weighted by molar-refractivity contribution is 0.332. The number of benzene rings is 1. The van der Waals surface area contributed by atoms with E-state index in [-0.39, 0.29) is 17.2 Å². The molecule has 1 fully saturated rings. The quantitative estimate of drug-likeness (QED) is 0.925. The predicted octanol–water partition coefficient (Wildman–Crippen LogP) is 3.99. The van der Waals surface area contributed by atoms with E-state index in [1.54, 1.807) is 0 Å². The molecule has 0 radical (unpaired) electrons. The highest BCUT2D eigenvalue weighted by atomic mass is 19.1. The minimum atomic E-state index is -0.227. The second-order valence-electron chi connectivity index (χ2n) is 7.40. The molecule has 1 atom stereocenters. The molecule has 4 heteroatoms. The van der Waals surface area contributed by atoms with Crippen LogP contribution in [0.2, 0.25) is 0 Å². The average molecular weight is 289 g/mol. The molecule has 1 aliphatic carbocycles. The Morgan fingerprint density at radius 3 is 2.67 bits per heavy atom. The smallest absolute Gasteiger partial charge is 0.125 e. The summed E-state index contributed by atoms with van der Waals surface area (Å²) in [6.07, 6.45) is 3.35. The molecule has 1 heterocycles. The molecular weight excluding hydrogens is 265 g/mol. The molecule has 3 nitrogen and oxygen atoms in total. The Bertz CT molecular complexity index is 650. The van der Waals surface area contributed by atoms with Crippen LogP contribution in [0.5, 0.6) is 0 Å². The molecule has 114 valence electrons. The first-order valence-electron chi connectivity index (χ1n) is 7.76. The lowest BCUT2D eigenvalue weighted by Crippen LogP contribution is -2.22. The molecule has 1 aliphatic rings. The Morgan fingerprint density at radius 1 is 1.38 bits per heavy atom. The molecule has 2 aromatic rings. The van der Waals surface area contributed by atoms with Gasteiger partial charge in [0, 0.05) is 24.6 Å². The third-order valence-electron chi connectivity index (χ3n) is 4.10. The van der Waals surface area contributed by atoms with Crippen molar-refractivity contribution in [3.63, 3.8) is 0 Å². The van der Waals surface area contributed by atoms with Crippen LogP contribution in [0.3, 0.4) is 0 Å². The molecule has 0 saturated heterocycles. The topological polar surface area (TPSA) is 43.8 Å². The van der Waals surface area contributed by atoms with Gasteiger partial charge in [0.1, 0.15) is 11.6 Å². The van der Waals surface area contributed by atoms with Crippen molar-refractivity contribution in [3.05, 3.63) is 29.8 Å². The minimum Gasteiger partial charge on any atom is -0.330 e. The summed E-state index contributed by atoms with van der Waals surface area (Å²) in [7, 11) is 0. The molecule has 0 bridgehead atoms. The van der Waals surface area contributed by atoms with E-state index >= 15 is 0 Å². The van der Waals surface area contributed by atoms with E-state index in [2.05, 4.69) is 25.3 Å². The van der Waals surface area contributed by atoms with Gasteiger partial charge in [0.2, 0.25) is 0 Å². The summed E-state index contributed by atoms with van der Waals surface area (Å²) >= 11 is 0. The highest BCUT2D eigenvalue weighted by Crippen LogP contribution is 2.42. The first kappa shape index (κ1) is 14.5. The van der Waals surface area contributed by atoms with Crippen molar-refractivity contribution in [2.45, 2.75) is 52.0 Å². The van der Waals surface area contributed by atoms with E-state index in [0.29, 0.717) is 12.6 Å². The van der Waals surface area contributed by atoms with Crippen molar-refractivity contribution in [2.24, 2.45) is 11.1 Å². The van der Waals surface area contributed by atoms with E-state index in [1.165, 1.54) is 25.0 Å². The van der Waals surface area contributed by atoms with Gasteiger partial charge in [0.15, 0.2) is 0 Å². The van der Waals surface area contributed by atoms with Gasteiger partial charge in [-0.25, -0.2) is 9.37 Å². The van der Waals surface area contributed by atoms with Gasteiger partial charge in [0.25, 0.3) is 0 Å². The monoisotopic (exact) mass is 289 g/mol. The zero-order valence-corrected chi connectivity index (χ0v) is 13.1. The number of hydrogen-bond acceptors (Lipinski definition) is 2. The number of rotatable bonds is 4. The summed E-state index contributed by atoms with van der Waals surface area (Å²) in [5, 5.41) is 0. The number of halogens is 1. The number of nitrogens with zero attached hydrogens (tertiary/aromatic N) is 2. The maximum Gasteiger partial charge on any atom is 0.125 e. The van der Waals surface area contributed by atoms with E-state index < -0.39 is 0 Å². The van der Waals surface area contributed by atoms with Crippen LogP contribution in [0.15, 0.2) is 18.2 Å². The van der Waals surface area contributed by atoms with Crippen molar-refractivity contribution in [1.29, 1.82) is 0 Å². The summed E-state index contributed by atoms with van der Waals surface area (Å²) < 4.78 is 15.8. The summed E-state index contributed by atoms with van der Waals surface area (Å²) in [6.45, 7) is 7.24. The Hall–Kier alpha value is -1.42. The van der Waals surface area contributed by atoms with Crippen LogP contribution >= 0.6 is 0 Å². The second-order valence-corrected chi connectivity index (χ2v) is 7.40. The second kappa shape index (κ2) is 5.09. The van der Waals surface area contributed by atoms with E-state index in [9.17, 15) is 4.39 Å². The summed E-state index contributed by atoms with van der Waals surface area (Å²) in [6, 6.07) is 5.42. The van der Waals surface area contributed by atoms with E-state index in [0.717, 1.165) is 23.3 Å². The molecule has 3 rings (SSSR count). The SMILES string of the molecule is CC(C)(C)CC(CN)c1nc2cc(F)ccc2n1C1CC1. The maximum absolute atomic E-state index is 13.5. The van der Waals surface area contributed by atoms with E-state index in [4.69, 9.17) is 10.7 Å². The van der Waals surface area contributed by atoms with Crippen molar-refractivity contribution < 1.29 is 4.39 Å². The Morgan fingerprint density at radius 2 is 2.10 bits per heavy atom. The maximum atomic E-state index is 13.5. The van der Waals surface area contributed by atoms with E-state index in [1.807, 2.05) is 6.07 Å². The molecule has 0 amide bonds. The van der Waals surface area contributed by atoms with Gasteiger partial charge in [-0.1, -0.05) is 20.8 Å². The number of nitrogens with two attached hydrogens (primary N) is 1. The van der Waals surface area contributed by atoms with Gasteiger partial charge >= 0.3 is 0 Å². The first-order valence-corrected chi connectivity index (χ1v) is 7.76. The highest BCUT2D eigenvalue weighted by Gasteiger charge is 2.32. The Labute approximate surface area is 125 Å². The molecule has 1 aromatic carbocycles. The van der Waals surface area contributed by atoms with Crippen LogP contribution in [-0.2, 0) is 0 Å². The Kier molecular flexibility index (Phi) is 3.52. The lowest BCUT2D eigenvalue weighted by Gasteiger charge is -2.25. The van der Waals surface area contributed by atoms with Crippen LogP contribution in [0, 0.1) is 11.2 Å². The number of aromatic nitrogens is 2. The van der Waals surface area contributed by atoms with Gasteiger partial charge in [-0.05, 0) is 36.8 Å². The third-order valence-corrected chi connectivity index (χ3v) is 4.10. The lowest BCUT2D eigenvalue weighted by atomic mass is 9.84. The molecule has 2 N–H and O–H groups in total. The number of imidazole rings is 1. The van der Waals surface area contributed by atoms with Gasteiger partial charge in [-0.15, -0.1) is 0 Å². The standard InChI is InChI=1S/C17H24FN3/c1-17(2,3)9-11(10-19)16-20-14-8-12(18)4-7-15(14)21(16)13-5-6-13/h4,7-8,11,13H,5-6,9-10,19H2,1-3H3. The van der Waals surface area contributed by atoms with Crippen LogP contribution < -0.4 is 5.73 Å². The summed E-state index contributed by atoms with van der Waals surface area (Å²) in [5.74, 6) is 1.03. The molecule has 0 spiro atoms. The van der Waals surface area contributed by atoms with Gasteiger partial charge in [-0.2, -0.15) is 0 Å². The number of hydrogen-bond donors (Lipinski definition) is 1. The molecule has 21 heavy (non-hydrogen) atoms. The molecule has 1 saturated carbocycles. The van der Waals surface area contributed by atoms with Gasteiger partial charge in [0.05, 0.1) is 11.0 Å². The van der Waals surface area contributed by atoms with Gasteiger partial charge in [-0.3, -0.25) is 0 Å². The van der Waals surface area contributed by atoms with Crippen LogP contribution in [0.25, 0.3) is 11.0 Å². The summed E-state index contributed by atoms with van der Waals surface area (Å²) in [5.41, 5.74) is 8.02. The van der Waals surface area contributed by atoms with Crippen molar-refractivity contribution >= 4 is 11.0 Å². The Balaban J connectivity index is 2.09. The zero-order chi connectivity index (χ0) is 15.2. The molecule has 1 aromatic heterocycles. The fourth-order valence-electron chi connectivity index (χ4n) is 3.11. The molecule has 1 unspecified atom stereocenters. The fourth-order valence-corrected chi connectivity index (χ4v) is 3.11. The van der Waals surface area contributed by atoms with Crippen molar-refractivity contribution in [1.82, 2.24) is 9.55 Å². The number of fused-ring (bicyclic) bond motifs is 1. The van der Waals surface area contributed by atoms with Gasteiger partial charge < -0.3 is 10.3 Å². The minimum absolute atomic E-state index is 0.196. The highest BCUT2D eigenvalue weighted by molar-refractivity contribution is 5.76. The largest absolute Gasteiger partial charge is 0.330 e. The van der Waals surface area contributed by atoms with Crippen LogP contribution in [-0.4, -0.2) is 16.1 Å². The normalized spacial score (nSPS) is 17.4. The molecular formula is C17H24FN3. The van der Waals surface area contributed by atoms with Crippen LogP contribution in [0.1, 0.15) is 57.8 Å². The predicted molar refractivity (Wildman–Crippen MR) is 83.8 cm³/mol. The van der Waals surface area contributed by atoms with Crippen molar-refractivity contribution in [3.8, 4) is 0 Å². The molecule has 0 aliphatic heterocycles. The zero-order valence-electron chi connectivity index (χ0n) is 13.1. The van der Waals surface area contributed by atoms with Crippen molar-refractivity contribution in [2.75, 3.05) is 6.54 Å². The summed E-state index contributed by atoms with van der Waals surface area (Å²) in [4.78, 5) is 4.73. The van der Waals surface area contributed by atoms with Crippen LogP contribution in [0.4, 0.5) is 4.39 Å². The average Bonchev–Trinajstić information content (AvgIpc) is 3.16. The first-order chi connectivity index (χ1) is 9.89. The fraction of sp³-hybridized carbons (Fsp3) is 0.588.